The van der Waals surface area contributed by atoms with Gasteiger partial charge in [-0.15, -0.1) is 5.92 Å². The number of hydrogen-bond acceptors (Lipinski definition) is 5. The fraction of sp³-hybridized carbons (Fsp3) is 0.552. The van der Waals surface area contributed by atoms with Crippen LogP contribution in [0.3, 0.4) is 0 Å². The highest BCUT2D eigenvalue weighted by Crippen LogP contribution is 2.65. The summed E-state index contributed by atoms with van der Waals surface area (Å²) in [7, 11) is 1.61. The fourth-order valence-electron chi connectivity index (χ4n) is 7.70. The van der Waals surface area contributed by atoms with E-state index in [9.17, 15) is 4.79 Å². The molecule has 6 rings (SSSR count). The van der Waals surface area contributed by atoms with Crippen LogP contribution in [0.4, 0.5) is 0 Å². The molecule has 0 amide bonds. The van der Waals surface area contributed by atoms with Crippen molar-refractivity contribution < 1.29 is 24.0 Å². The van der Waals surface area contributed by atoms with Crippen LogP contribution >= 0.6 is 0 Å². The normalized spacial score (nSPS) is 35.7. The Morgan fingerprint density at radius 2 is 2.00 bits per heavy atom. The maximum absolute atomic E-state index is 12.2. The Morgan fingerprint density at radius 1 is 1.15 bits per heavy atom. The standard InChI is InChI=1S/C29H32O5/c1-4-5-19-13-24-22-9-6-17-12-20(30)8-10-21(17)27(22)23(15-29(24,2)28(19)34-31-3)18-7-11-25-26(14-18)33-16-32-25/h7,11-12,14,19,22-24,28H,6,8-10,13,15-16H2,1-3H3/t19?,22-,23+,24-,28-,29-/m0/s1. The zero-order valence-corrected chi connectivity index (χ0v) is 20.2. The van der Waals surface area contributed by atoms with Crippen LogP contribution < -0.4 is 9.47 Å². The minimum Gasteiger partial charge on any atom is -0.454 e. The summed E-state index contributed by atoms with van der Waals surface area (Å²) in [5.74, 6) is 9.82. The average molecular weight is 461 g/mol. The van der Waals surface area contributed by atoms with E-state index in [1.165, 1.54) is 16.7 Å². The van der Waals surface area contributed by atoms with Crippen LogP contribution in [-0.2, 0) is 14.6 Å². The van der Waals surface area contributed by atoms with E-state index in [0.717, 1.165) is 43.6 Å². The largest absolute Gasteiger partial charge is 0.454 e. The van der Waals surface area contributed by atoms with Gasteiger partial charge in [0.1, 0.15) is 6.10 Å². The van der Waals surface area contributed by atoms with E-state index in [2.05, 4.69) is 30.9 Å². The molecule has 1 aliphatic heterocycles. The van der Waals surface area contributed by atoms with Crippen LogP contribution in [0.2, 0.25) is 0 Å². The molecule has 0 saturated heterocycles. The van der Waals surface area contributed by atoms with Crippen LogP contribution in [0.25, 0.3) is 0 Å². The molecule has 1 heterocycles. The molecule has 2 fully saturated rings. The zero-order chi connectivity index (χ0) is 23.4. The Kier molecular flexibility index (Phi) is 5.35. The number of fused-ring (bicyclic) bond motifs is 5. The second-order valence-corrected chi connectivity index (χ2v) is 10.6. The van der Waals surface area contributed by atoms with E-state index in [1.54, 1.807) is 12.7 Å². The van der Waals surface area contributed by atoms with Crippen LogP contribution in [0.5, 0.6) is 11.5 Å². The number of allylic oxidation sites excluding steroid dienone is 4. The maximum Gasteiger partial charge on any atom is 0.231 e. The van der Waals surface area contributed by atoms with Gasteiger partial charge in [-0.05, 0) is 85.8 Å². The van der Waals surface area contributed by atoms with Crippen molar-refractivity contribution in [3.8, 4) is 23.3 Å². The van der Waals surface area contributed by atoms with E-state index in [1.807, 2.05) is 19.1 Å². The lowest BCUT2D eigenvalue weighted by Crippen LogP contribution is -2.46. The molecule has 6 atom stereocenters. The minimum absolute atomic E-state index is 0.0635. The second-order valence-electron chi connectivity index (χ2n) is 10.6. The first-order valence-electron chi connectivity index (χ1n) is 12.5. The van der Waals surface area contributed by atoms with Gasteiger partial charge in [0.25, 0.3) is 0 Å². The van der Waals surface area contributed by atoms with Crippen molar-refractivity contribution in [3.05, 3.63) is 46.6 Å². The molecule has 0 aromatic heterocycles. The molecule has 34 heavy (non-hydrogen) atoms. The van der Waals surface area contributed by atoms with Crippen molar-refractivity contribution in [1.82, 2.24) is 0 Å². The molecule has 0 bridgehead atoms. The van der Waals surface area contributed by atoms with Gasteiger partial charge in [-0.2, -0.15) is 0 Å². The molecular weight excluding hydrogens is 428 g/mol. The molecule has 178 valence electrons. The molecule has 0 N–H and O–H groups in total. The molecule has 0 spiro atoms. The van der Waals surface area contributed by atoms with Crippen molar-refractivity contribution in [3.63, 3.8) is 0 Å². The predicted octanol–water partition coefficient (Wildman–Crippen LogP) is 5.51. The molecule has 0 radical (unpaired) electrons. The lowest BCUT2D eigenvalue weighted by molar-refractivity contribution is -0.329. The van der Waals surface area contributed by atoms with E-state index in [0.29, 0.717) is 18.3 Å². The summed E-state index contributed by atoms with van der Waals surface area (Å²) >= 11 is 0. The van der Waals surface area contributed by atoms with Gasteiger partial charge in [0.05, 0.1) is 13.0 Å². The van der Waals surface area contributed by atoms with E-state index < -0.39 is 0 Å². The Hall–Kier alpha value is -2.55. The number of benzene rings is 1. The molecule has 1 aromatic carbocycles. The van der Waals surface area contributed by atoms with Gasteiger partial charge in [-0.3, -0.25) is 4.79 Å². The third-order valence-corrected chi connectivity index (χ3v) is 9.02. The first kappa shape index (κ1) is 21.9. The highest BCUT2D eigenvalue weighted by atomic mass is 17.2. The lowest BCUT2D eigenvalue weighted by Gasteiger charge is -2.52. The number of rotatable bonds is 3. The first-order chi connectivity index (χ1) is 16.5. The fourth-order valence-corrected chi connectivity index (χ4v) is 7.70. The summed E-state index contributed by atoms with van der Waals surface area (Å²) in [5.41, 5.74) is 5.45. The van der Waals surface area contributed by atoms with Gasteiger partial charge in [-0.25, -0.2) is 9.78 Å². The van der Waals surface area contributed by atoms with Gasteiger partial charge in [-0.1, -0.05) is 24.5 Å². The quantitative estimate of drug-likeness (QED) is 0.338. The summed E-state index contributed by atoms with van der Waals surface area (Å²) in [6, 6.07) is 6.40. The average Bonchev–Trinajstić information content (AvgIpc) is 3.41. The summed E-state index contributed by atoms with van der Waals surface area (Å²) in [6.45, 7) is 4.57. The molecule has 2 saturated carbocycles. The van der Waals surface area contributed by atoms with Crippen LogP contribution in [0.1, 0.15) is 63.9 Å². The summed E-state index contributed by atoms with van der Waals surface area (Å²) in [6.07, 6.45) is 7.37. The third-order valence-electron chi connectivity index (χ3n) is 9.02. The van der Waals surface area contributed by atoms with Crippen molar-refractivity contribution in [1.29, 1.82) is 0 Å². The summed E-state index contributed by atoms with van der Waals surface area (Å²) in [4.78, 5) is 23.5. The molecule has 1 unspecified atom stereocenters. The number of hydrogen-bond donors (Lipinski definition) is 0. The monoisotopic (exact) mass is 460 g/mol. The number of ketones is 1. The highest BCUT2D eigenvalue weighted by molar-refractivity contribution is 5.93. The summed E-state index contributed by atoms with van der Waals surface area (Å²) < 4.78 is 11.3. The number of ether oxygens (including phenoxy) is 2. The molecule has 4 aliphatic carbocycles. The number of carbonyl (C=O) groups excluding carboxylic acids is 1. The van der Waals surface area contributed by atoms with E-state index in [-0.39, 0.29) is 35.9 Å². The third kappa shape index (κ3) is 3.26. The zero-order valence-electron chi connectivity index (χ0n) is 20.2. The smallest absolute Gasteiger partial charge is 0.231 e. The second kappa shape index (κ2) is 8.29. The van der Waals surface area contributed by atoms with Crippen LogP contribution in [0, 0.1) is 35.0 Å². The maximum atomic E-state index is 12.2. The molecule has 5 aliphatic rings. The lowest BCUT2D eigenvalue weighted by atomic mass is 9.53. The molecule has 5 heteroatoms. The summed E-state index contributed by atoms with van der Waals surface area (Å²) in [5, 5.41) is 0. The topological polar surface area (TPSA) is 54.0 Å². The van der Waals surface area contributed by atoms with Crippen molar-refractivity contribution in [2.75, 3.05) is 13.9 Å². The van der Waals surface area contributed by atoms with Crippen molar-refractivity contribution in [2.24, 2.45) is 23.2 Å². The van der Waals surface area contributed by atoms with Crippen molar-refractivity contribution in [2.45, 2.75) is 64.4 Å². The van der Waals surface area contributed by atoms with Crippen LogP contribution in [0.15, 0.2) is 41.0 Å². The van der Waals surface area contributed by atoms with Gasteiger partial charge in [0.2, 0.25) is 6.79 Å². The van der Waals surface area contributed by atoms with Crippen molar-refractivity contribution >= 4 is 5.78 Å². The molecule has 5 nitrogen and oxygen atoms in total. The van der Waals surface area contributed by atoms with Gasteiger partial charge in [0.15, 0.2) is 17.3 Å². The SMILES string of the molecule is CC#CC1C[C@H]2[C@@H]3CCC4=CC(=O)CCC4=C3[C@@H](c3ccc4c(c3)OCO4)C[C@]2(C)[C@H]1OOC. The van der Waals surface area contributed by atoms with E-state index in [4.69, 9.17) is 19.2 Å². The Morgan fingerprint density at radius 3 is 2.82 bits per heavy atom. The Bertz CT molecular complexity index is 1150. The minimum atomic E-state index is -0.0668. The Labute approximate surface area is 201 Å². The van der Waals surface area contributed by atoms with Gasteiger partial charge >= 0.3 is 0 Å². The molecule has 1 aromatic rings. The predicted molar refractivity (Wildman–Crippen MR) is 127 cm³/mol. The Balaban J connectivity index is 1.51. The van der Waals surface area contributed by atoms with Crippen LogP contribution in [-0.4, -0.2) is 25.8 Å². The van der Waals surface area contributed by atoms with Gasteiger partial charge in [0, 0.05) is 17.8 Å². The first-order valence-corrected chi connectivity index (χ1v) is 12.5. The number of carbonyl (C=O) groups is 1. The molecular formula is C29H32O5. The highest BCUT2D eigenvalue weighted by Gasteiger charge is 2.60. The van der Waals surface area contributed by atoms with Gasteiger partial charge < -0.3 is 9.47 Å². The van der Waals surface area contributed by atoms with E-state index >= 15 is 0 Å².